The van der Waals surface area contributed by atoms with Gasteiger partial charge in [-0.2, -0.15) is 0 Å². The van der Waals surface area contributed by atoms with Crippen molar-refractivity contribution >= 4 is 11.9 Å². The Labute approximate surface area is 133 Å². The minimum Gasteiger partial charge on any atom is -0.481 e. The van der Waals surface area contributed by atoms with E-state index >= 15 is 0 Å². The molecule has 0 aromatic rings. The first kappa shape index (κ1) is 18.9. The molecule has 1 aliphatic rings. The van der Waals surface area contributed by atoms with E-state index in [4.69, 9.17) is 4.74 Å². The van der Waals surface area contributed by atoms with Gasteiger partial charge < -0.3 is 14.9 Å². The summed E-state index contributed by atoms with van der Waals surface area (Å²) in [6, 6.07) is 0. The van der Waals surface area contributed by atoms with E-state index in [-0.39, 0.29) is 0 Å². The van der Waals surface area contributed by atoms with Gasteiger partial charge in [0, 0.05) is 6.42 Å². The molecule has 4 unspecified atom stereocenters. The first-order valence-corrected chi connectivity index (χ1v) is 8.57. The molecule has 0 bridgehead atoms. The molecule has 128 valence electrons. The molecule has 22 heavy (non-hydrogen) atoms. The molecule has 0 aromatic carbocycles. The molecule has 1 rings (SSSR count). The maximum Gasteiger partial charge on any atom is 0.312 e. The molecule has 0 heterocycles. The summed E-state index contributed by atoms with van der Waals surface area (Å²) in [6.07, 6.45) is 6.26. The van der Waals surface area contributed by atoms with Gasteiger partial charge in [0.15, 0.2) is 0 Å². The Morgan fingerprint density at radius 2 is 1.77 bits per heavy atom. The molecule has 0 amide bonds. The number of carbonyl (C=O) groups is 2. The van der Waals surface area contributed by atoms with Crippen LogP contribution in [0.3, 0.4) is 0 Å². The minimum absolute atomic E-state index is 0.418. The molecular weight excluding hydrogens is 284 g/mol. The summed E-state index contributed by atoms with van der Waals surface area (Å²) in [5.74, 6) is -2.28. The number of aliphatic hydroxyl groups is 1. The third-order valence-electron chi connectivity index (χ3n) is 4.59. The van der Waals surface area contributed by atoms with Crippen molar-refractivity contribution in [1.82, 2.24) is 0 Å². The van der Waals surface area contributed by atoms with Crippen molar-refractivity contribution in [3.05, 3.63) is 0 Å². The summed E-state index contributed by atoms with van der Waals surface area (Å²) >= 11 is 0. The monoisotopic (exact) mass is 314 g/mol. The van der Waals surface area contributed by atoms with Crippen LogP contribution in [-0.4, -0.2) is 28.4 Å². The predicted octanol–water partition coefficient (Wildman–Crippen LogP) is 3.35. The van der Waals surface area contributed by atoms with Crippen LogP contribution in [0.1, 0.15) is 71.6 Å². The smallest absolute Gasteiger partial charge is 0.312 e. The van der Waals surface area contributed by atoms with Crippen LogP contribution >= 0.6 is 0 Å². The van der Waals surface area contributed by atoms with Gasteiger partial charge >= 0.3 is 11.9 Å². The fourth-order valence-corrected chi connectivity index (χ4v) is 3.11. The van der Waals surface area contributed by atoms with Crippen LogP contribution in [0.25, 0.3) is 0 Å². The highest BCUT2D eigenvalue weighted by atomic mass is 16.6. The van der Waals surface area contributed by atoms with Gasteiger partial charge in [-0.1, -0.05) is 46.0 Å². The second-order valence-corrected chi connectivity index (χ2v) is 6.55. The number of carboxylic acids is 1. The zero-order valence-corrected chi connectivity index (χ0v) is 13.8. The van der Waals surface area contributed by atoms with Crippen LogP contribution in [-0.2, 0) is 14.3 Å². The zero-order valence-electron chi connectivity index (χ0n) is 13.8. The molecule has 0 radical (unpaired) electrons. The summed E-state index contributed by atoms with van der Waals surface area (Å²) in [4.78, 5) is 23.3. The number of hydrogen-bond donors (Lipinski definition) is 2. The van der Waals surface area contributed by atoms with Crippen LogP contribution in [0.15, 0.2) is 0 Å². The minimum atomic E-state index is -1.12. The normalized spacial score (nSPS) is 24.5. The average molecular weight is 314 g/mol. The maximum absolute atomic E-state index is 12.1. The van der Waals surface area contributed by atoms with E-state index in [1.807, 2.05) is 0 Å². The van der Waals surface area contributed by atoms with Crippen LogP contribution in [0.5, 0.6) is 0 Å². The largest absolute Gasteiger partial charge is 0.481 e. The molecular formula is C17H30O5. The van der Waals surface area contributed by atoms with E-state index in [1.54, 1.807) is 0 Å². The summed E-state index contributed by atoms with van der Waals surface area (Å²) in [5.41, 5.74) is 0. The van der Waals surface area contributed by atoms with E-state index in [0.717, 1.165) is 32.1 Å². The van der Waals surface area contributed by atoms with Crippen molar-refractivity contribution in [1.29, 1.82) is 0 Å². The molecule has 1 aliphatic carbocycles. The second-order valence-electron chi connectivity index (χ2n) is 6.55. The fourth-order valence-electron chi connectivity index (χ4n) is 3.11. The Hall–Kier alpha value is -1.10. The van der Waals surface area contributed by atoms with Gasteiger partial charge in [-0.05, 0) is 25.2 Å². The predicted molar refractivity (Wildman–Crippen MR) is 83.1 cm³/mol. The Morgan fingerprint density at radius 1 is 1.14 bits per heavy atom. The molecule has 1 saturated carbocycles. The van der Waals surface area contributed by atoms with Gasteiger partial charge in [0.05, 0.1) is 11.8 Å². The molecule has 0 aliphatic heterocycles. The quantitative estimate of drug-likeness (QED) is 0.503. The summed E-state index contributed by atoms with van der Waals surface area (Å²) < 4.78 is 5.08. The van der Waals surface area contributed by atoms with Gasteiger partial charge in [-0.15, -0.1) is 0 Å². The third-order valence-corrected chi connectivity index (χ3v) is 4.59. The second kappa shape index (κ2) is 9.82. The Balaban J connectivity index is 2.37. The van der Waals surface area contributed by atoms with Crippen LogP contribution in [0, 0.1) is 17.8 Å². The molecule has 5 heteroatoms. The topological polar surface area (TPSA) is 83.8 Å². The number of carboxylic acid groups (broad SMARTS) is 1. The number of hydrogen-bond acceptors (Lipinski definition) is 4. The first-order chi connectivity index (χ1) is 10.5. The van der Waals surface area contributed by atoms with Gasteiger partial charge in [-0.3, -0.25) is 9.59 Å². The zero-order chi connectivity index (χ0) is 16.5. The molecule has 2 N–H and O–H groups in total. The SMILES string of the molecule is CCCCC(C)CCC(O)OC(=O)C1CCCCC1C(=O)O. The van der Waals surface area contributed by atoms with Gasteiger partial charge in [0.1, 0.15) is 0 Å². The number of aliphatic hydroxyl groups excluding tert-OH is 1. The number of rotatable bonds is 9. The third kappa shape index (κ3) is 6.34. The van der Waals surface area contributed by atoms with E-state index in [0.29, 0.717) is 25.2 Å². The highest BCUT2D eigenvalue weighted by molar-refractivity contribution is 5.81. The first-order valence-electron chi connectivity index (χ1n) is 8.57. The summed E-state index contributed by atoms with van der Waals surface area (Å²) in [7, 11) is 0. The van der Waals surface area contributed by atoms with Crippen molar-refractivity contribution in [2.45, 2.75) is 77.9 Å². The van der Waals surface area contributed by atoms with Crippen molar-refractivity contribution in [2.24, 2.45) is 17.8 Å². The lowest BCUT2D eigenvalue weighted by Crippen LogP contribution is -2.35. The van der Waals surface area contributed by atoms with Gasteiger partial charge in [0.2, 0.25) is 6.29 Å². The number of esters is 1. The lowest BCUT2D eigenvalue weighted by Gasteiger charge is -2.27. The number of unbranched alkanes of at least 4 members (excludes halogenated alkanes) is 1. The lowest BCUT2D eigenvalue weighted by molar-refractivity contribution is -0.180. The van der Waals surface area contributed by atoms with Gasteiger partial charge in [-0.25, -0.2) is 0 Å². The van der Waals surface area contributed by atoms with E-state index < -0.39 is 30.1 Å². The van der Waals surface area contributed by atoms with Crippen molar-refractivity contribution < 1.29 is 24.5 Å². The Bertz CT molecular complexity index is 355. The average Bonchev–Trinajstić information content (AvgIpc) is 2.50. The van der Waals surface area contributed by atoms with Crippen LogP contribution in [0.4, 0.5) is 0 Å². The molecule has 0 saturated heterocycles. The number of ether oxygens (including phenoxy) is 1. The van der Waals surface area contributed by atoms with E-state index in [2.05, 4.69) is 13.8 Å². The van der Waals surface area contributed by atoms with Crippen molar-refractivity contribution in [3.8, 4) is 0 Å². The molecule has 5 nitrogen and oxygen atoms in total. The van der Waals surface area contributed by atoms with E-state index in [9.17, 15) is 19.8 Å². The highest BCUT2D eigenvalue weighted by Crippen LogP contribution is 2.31. The number of aliphatic carboxylic acids is 1. The standard InChI is InChI=1S/C17H30O5/c1-3-4-7-12(2)10-11-15(18)22-17(21)14-9-6-5-8-13(14)16(19)20/h12-15,18H,3-11H2,1-2H3,(H,19,20). The summed E-state index contributed by atoms with van der Waals surface area (Å²) in [6.45, 7) is 4.28. The van der Waals surface area contributed by atoms with Crippen LogP contribution < -0.4 is 0 Å². The number of carbonyl (C=O) groups excluding carboxylic acids is 1. The molecule has 0 spiro atoms. The van der Waals surface area contributed by atoms with Crippen molar-refractivity contribution in [3.63, 3.8) is 0 Å². The molecule has 4 atom stereocenters. The molecule has 0 aromatic heterocycles. The fraction of sp³-hybridized carbons (Fsp3) is 0.882. The lowest BCUT2D eigenvalue weighted by atomic mass is 9.79. The maximum atomic E-state index is 12.1. The van der Waals surface area contributed by atoms with Gasteiger partial charge in [0.25, 0.3) is 0 Å². The molecule has 1 fully saturated rings. The van der Waals surface area contributed by atoms with Crippen LogP contribution in [0.2, 0.25) is 0 Å². The Kier molecular flexibility index (Phi) is 8.46. The Morgan fingerprint density at radius 3 is 2.36 bits per heavy atom. The highest BCUT2D eigenvalue weighted by Gasteiger charge is 2.37. The van der Waals surface area contributed by atoms with E-state index in [1.165, 1.54) is 6.42 Å². The summed E-state index contributed by atoms with van der Waals surface area (Å²) in [5, 5.41) is 19.0. The van der Waals surface area contributed by atoms with Crippen molar-refractivity contribution in [2.75, 3.05) is 0 Å².